The van der Waals surface area contributed by atoms with E-state index >= 15 is 0 Å². The molecule has 104 valence electrons. The largest absolute Gasteiger partial charge is 0.243 e. The van der Waals surface area contributed by atoms with Gasteiger partial charge in [0, 0.05) is 13.1 Å². The average molecular weight is 284 g/mol. The van der Waals surface area contributed by atoms with Gasteiger partial charge in [0.2, 0.25) is 10.0 Å². The van der Waals surface area contributed by atoms with Crippen LogP contribution in [0, 0.1) is 23.1 Å². The number of nitrogens with zero attached hydrogens (tertiary/aromatic N) is 2. The van der Waals surface area contributed by atoms with E-state index in [0.29, 0.717) is 0 Å². The van der Waals surface area contributed by atoms with Crippen LogP contribution in [0.3, 0.4) is 0 Å². The highest BCUT2D eigenvalue weighted by atomic mass is 32.2. The van der Waals surface area contributed by atoms with Crippen molar-refractivity contribution in [1.29, 1.82) is 5.26 Å². The van der Waals surface area contributed by atoms with E-state index in [1.165, 1.54) is 17.4 Å². The molecule has 0 bridgehead atoms. The molecule has 0 aliphatic rings. The van der Waals surface area contributed by atoms with Gasteiger partial charge in [-0.25, -0.2) is 12.8 Å². The van der Waals surface area contributed by atoms with Crippen LogP contribution in [-0.4, -0.2) is 25.8 Å². The number of sulfonamides is 1. The number of benzene rings is 1. The first kappa shape index (κ1) is 15.6. The summed E-state index contributed by atoms with van der Waals surface area (Å²) < 4.78 is 39.2. The van der Waals surface area contributed by atoms with E-state index in [4.69, 9.17) is 5.26 Å². The van der Waals surface area contributed by atoms with Crippen LogP contribution >= 0.6 is 0 Å². The van der Waals surface area contributed by atoms with Gasteiger partial charge in [-0.2, -0.15) is 9.57 Å². The molecule has 4 nitrogen and oxygen atoms in total. The van der Waals surface area contributed by atoms with E-state index < -0.39 is 15.8 Å². The molecule has 6 heteroatoms. The molecule has 0 spiro atoms. The Labute approximate surface area is 113 Å². The zero-order valence-corrected chi connectivity index (χ0v) is 12.2. The lowest BCUT2D eigenvalue weighted by Gasteiger charge is -2.27. The van der Waals surface area contributed by atoms with Gasteiger partial charge < -0.3 is 0 Å². The molecule has 0 amide bonds. The second kappa shape index (κ2) is 5.68. The molecule has 1 aromatic rings. The third-order valence-corrected chi connectivity index (χ3v) is 5.21. The second-order valence-electron chi connectivity index (χ2n) is 4.76. The maximum absolute atomic E-state index is 13.2. The number of hydrogen-bond donors (Lipinski definition) is 0. The van der Waals surface area contributed by atoms with Gasteiger partial charge in [-0.05, 0) is 31.0 Å². The van der Waals surface area contributed by atoms with Crippen LogP contribution in [0.4, 0.5) is 4.39 Å². The zero-order chi connectivity index (χ0) is 14.8. The van der Waals surface area contributed by atoms with Gasteiger partial charge in [0.15, 0.2) is 0 Å². The van der Waals surface area contributed by atoms with Gasteiger partial charge in [-0.15, -0.1) is 0 Å². The van der Waals surface area contributed by atoms with Crippen LogP contribution in [0.25, 0.3) is 0 Å². The third-order valence-electron chi connectivity index (χ3n) is 3.27. The minimum absolute atomic E-state index is 0.0690. The van der Waals surface area contributed by atoms with Crippen molar-refractivity contribution in [2.24, 2.45) is 5.92 Å². The van der Waals surface area contributed by atoms with Crippen LogP contribution < -0.4 is 0 Å². The molecule has 19 heavy (non-hydrogen) atoms. The molecule has 1 rings (SSSR count). The lowest BCUT2D eigenvalue weighted by atomic mass is 10.1. The summed E-state index contributed by atoms with van der Waals surface area (Å²) in [6.45, 7) is 5.64. The Bertz CT molecular complexity index is 606. The lowest BCUT2D eigenvalue weighted by molar-refractivity contribution is 0.315. The maximum atomic E-state index is 13.2. The second-order valence-corrected chi connectivity index (χ2v) is 6.76. The Hall–Kier alpha value is -1.45. The van der Waals surface area contributed by atoms with Crippen molar-refractivity contribution in [3.8, 4) is 6.07 Å². The van der Waals surface area contributed by atoms with Crippen molar-refractivity contribution in [3.63, 3.8) is 0 Å². The molecule has 0 fully saturated rings. The molecule has 0 radical (unpaired) electrons. The molecule has 0 aromatic heterocycles. The van der Waals surface area contributed by atoms with Crippen LogP contribution in [0.15, 0.2) is 23.1 Å². The Morgan fingerprint density at radius 2 is 1.89 bits per heavy atom. The summed E-state index contributed by atoms with van der Waals surface area (Å²) in [5, 5.41) is 8.75. The highest BCUT2D eigenvalue weighted by Crippen LogP contribution is 2.21. The molecule has 1 atom stereocenters. The monoisotopic (exact) mass is 284 g/mol. The summed E-state index contributed by atoms with van der Waals surface area (Å²) in [6.07, 6.45) is 0. The Morgan fingerprint density at radius 3 is 2.37 bits per heavy atom. The van der Waals surface area contributed by atoms with Crippen LogP contribution in [-0.2, 0) is 10.0 Å². The van der Waals surface area contributed by atoms with Crippen molar-refractivity contribution < 1.29 is 12.8 Å². The van der Waals surface area contributed by atoms with E-state index in [-0.39, 0.29) is 22.4 Å². The first-order chi connectivity index (χ1) is 8.71. The maximum Gasteiger partial charge on any atom is 0.243 e. The van der Waals surface area contributed by atoms with Crippen molar-refractivity contribution in [3.05, 3.63) is 29.6 Å². The molecule has 0 N–H and O–H groups in total. The van der Waals surface area contributed by atoms with Crippen molar-refractivity contribution in [2.45, 2.75) is 31.7 Å². The first-order valence-corrected chi connectivity index (χ1v) is 7.33. The Balaban J connectivity index is 3.25. The summed E-state index contributed by atoms with van der Waals surface area (Å²) >= 11 is 0. The number of nitriles is 1. The van der Waals surface area contributed by atoms with Gasteiger partial charge in [-0.3, -0.25) is 0 Å². The molecule has 1 aromatic carbocycles. The Kier molecular flexibility index (Phi) is 4.66. The average Bonchev–Trinajstić information content (AvgIpc) is 2.36. The minimum atomic E-state index is -3.72. The zero-order valence-electron chi connectivity index (χ0n) is 11.4. The fourth-order valence-electron chi connectivity index (χ4n) is 1.56. The molecular formula is C13H17FN2O2S. The number of hydrogen-bond acceptors (Lipinski definition) is 3. The van der Waals surface area contributed by atoms with E-state index in [1.54, 1.807) is 13.0 Å². The van der Waals surface area contributed by atoms with Crippen LogP contribution in [0.5, 0.6) is 0 Å². The first-order valence-electron chi connectivity index (χ1n) is 5.89. The van der Waals surface area contributed by atoms with Crippen molar-refractivity contribution >= 4 is 10.0 Å². The molecular weight excluding hydrogens is 267 g/mol. The van der Waals surface area contributed by atoms with Gasteiger partial charge in [-0.1, -0.05) is 13.8 Å². The molecule has 1 unspecified atom stereocenters. The van der Waals surface area contributed by atoms with E-state index in [9.17, 15) is 12.8 Å². The van der Waals surface area contributed by atoms with E-state index in [2.05, 4.69) is 0 Å². The Morgan fingerprint density at radius 1 is 1.32 bits per heavy atom. The highest BCUT2D eigenvalue weighted by molar-refractivity contribution is 7.89. The topological polar surface area (TPSA) is 61.2 Å². The van der Waals surface area contributed by atoms with Gasteiger partial charge in [0.05, 0.1) is 10.5 Å². The predicted octanol–water partition coefficient (Wildman–Crippen LogP) is 2.36. The summed E-state index contributed by atoms with van der Waals surface area (Å²) in [5.41, 5.74) is -0.272. The number of rotatable bonds is 4. The predicted molar refractivity (Wildman–Crippen MR) is 70.4 cm³/mol. The molecule has 0 aliphatic carbocycles. The highest BCUT2D eigenvalue weighted by Gasteiger charge is 2.27. The number of halogens is 1. The van der Waals surface area contributed by atoms with Gasteiger partial charge in [0.25, 0.3) is 0 Å². The SMILES string of the molecule is CC(C)C(C)N(C)S(=O)(=O)c1ccc(F)c(C#N)c1. The minimum Gasteiger partial charge on any atom is -0.207 e. The van der Waals surface area contributed by atoms with Crippen LogP contribution in [0.1, 0.15) is 26.3 Å². The third kappa shape index (κ3) is 3.11. The molecule has 0 saturated heterocycles. The van der Waals surface area contributed by atoms with Crippen molar-refractivity contribution in [1.82, 2.24) is 4.31 Å². The van der Waals surface area contributed by atoms with E-state index in [0.717, 1.165) is 12.1 Å². The summed E-state index contributed by atoms with van der Waals surface area (Å²) in [5.74, 6) is -0.573. The molecule has 0 heterocycles. The molecule has 0 aliphatic heterocycles. The van der Waals surface area contributed by atoms with E-state index in [1.807, 2.05) is 13.8 Å². The van der Waals surface area contributed by atoms with Crippen LogP contribution in [0.2, 0.25) is 0 Å². The standard InChI is InChI=1S/C13H17FN2O2S/c1-9(2)10(3)16(4)19(17,18)12-5-6-13(14)11(7-12)8-15/h5-7,9-10H,1-4H3. The smallest absolute Gasteiger partial charge is 0.207 e. The van der Waals surface area contributed by atoms with Gasteiger partial charge >= 0.3 is 0 Å². The fraction of sp³-hybridized carbons (Fsp3) is 0.462. The lowest BCUT2D eigenvalue weighted by Crippen LogP contribution is -2.38. The quantitative estimate of drug-likeness (QED) is 0.852. The summed E-state index contributed by atoms with van der Waals surface area (Å²) in [6, 6.07) is 4.69. The fourth-order valence-corrected chi connectivity index (χ4v) is 3.08. The normalized spacial score (nSPS) is 13.6. The summed E-state index contributed by atoms with van der Waals surface area (Å²) in [7, 11) is -2.24. The summed E-state index contributed by atoms with van der Waals surface area (Å²) in [4.78, 5) is -0.0690. The van der Waals surface area contributed by atoms with Crippen molar-refractivity contribution in [2.75, 3.05) is 7.05 Å². The van der Waals surface area contributed by atoms with Gasteiger partial charge in [0.1, 0.15) is 11.9 Å². The molecule has 0 saturated carbocycles.